The second kappa shape index (κ2) is 4.64. The number of carbonyl (C=O) groups excluding carboxylic acids is 2. The van der Waals surface area contributed by atoms with Gasteiger partial charge in [-0.25, -0.2) is 0 Å². The summed E-state index contributed by atoms with van der Waals surface area (Å²) in [6.07, 6.45) is 2.34. The number of rotatable bonds is 1. The molecule has 1 saturated carbocycles. The Morgan fingerprint density at radius 2 is 1.68 bits per heavy atom. The Morgan fingerprint density at radius 1 is 1.05 bits per heavy atom. The van der Waals surface area contributed by atoms with Crippen LogP contribution in [0.4, 0.5) is 0 Å². The van der Waals surface area contributed by atoms with Crippen molar-refractivity contribution in [3.63, 3.8) is 0 Å². The van der Waals surface area contributed by atoms with Gasteiger partial charge in [-0.3, -0.25) is 14.5 Å². The van der Waals surface area contributed by atoms with Crippen LogP contribution in [0, 0.1) is 0 Å². The lowest BCUT2D eigenvalue weighted by atomic mass is 9.89. The Morgan fingerprint density at radius 3 is 2.32 bits per heavy atom. The zero-order valence-electron chi connectivity index (χ0n) is 12.7. The van der Waals surface area contributed by atoms with Crippen molar-refractivity contribution >= 4 is 11.8 Å². The zero-order valence-corrected chi connectivity index (χ0v) is 12.7. The highest BCUT2D eigenvalue weighted by atomic mass is 16.8. The van der Waals surface area contributed by atoms with E-state index in [0.29, 0.717) is 11.1 Å². The molecule has 0 unspecified atom stereocenters. The van der Waals surface area contributed by atoms with Gasteiger partial charge in [0.05, 0.1) is 23.3 Å². The van der Waals surface area contributed by atoms with Crippen LogP contribution in [-0.4, -0.2) is 40.8 Å². The van der Waals surface area contributed by atoms with Crippen molar-refractivity contribution in [3.8, 4) is 0 Å². The van der Waals surface area contributed by atoms with Gasteiger partial charge in [-0.2, -0.15) is 0 Å². The van der Waals surface area contributed by atoms with Gasteiger partial charge in [0.15, 0.2) is 5.79 Å². The molecule has 2 amide bonds. The molecule has 5 heteroatoms. The van der Waals surface area contributed by atoms with Gasteiger partial charge < -0.3 is 9.47 Å². The quantitative estimate of drug-likeness (QED) is 0.747. The third kappa shape index (κ3) is 1.92. The topological polar surface area (TPSA) is 55.8 Å². The lowest BCUT2D eigenvalue weighted by molar-refractivity contribution is -0.148. The fourth-order valence-electron chi connectivity index (χ4n) is 3.89. The second-order valence-electron chi connectivity index (χ2n) is 6.66. The summed E-state index contributed by atoms with van der Waals surface area (Å²) in [4.78, 5) is 26.7. The van der Waals surface area contributed by atoms with Crippen LogP contribution in [0.15, 0.2) is 24.3 Å². The smallest absolute Gasteiger partial charge is 0.261 e. The van der Waals surface area contributed by atoms with E-state index in [-0.39, 0.29) is 30.1 Å². The third-order valence-electron chi connectivity index (χ3n) is 4.75. The van der Waals surface area contributed by atoms with Crippen LogP contribution in [0.1, 0.15) is 53.8 Å². The van der Waals surface area contributed by atoms with Gasteiger partial charge in [0.1, 0.15) is 6.10 Å². The molecule has 1 aliphatic carbocycles. The first-order chi connectivity index (χ1) is 10.5. The molecule has 5 nitrogen and oxygen atoms in total. The van der Waals surface area contributed by atoms with E-state index < -0.39 is 5.79 Å². The summed E-state index contributed by atoms with van der Waals surface area (Å²) in [6, 6.07) is 6.76. The monoisotopic (exact) mass is 301 g/mol. The maximum Gasteiger partial charge on any atom is 0.261 e. The average Bonchev–Trinajstić information content (AvgIpc) is 2.93. The lowest BCUT2D eigenvalue weighted by Gasteiger charge is -2.36. The highest BCUT2D eigenvalue weighted by molar-refractivity contribution is 6.21. The van der Waals surface area contributed by atoms with Gasteiger partial charge in [0, 0.05) is 0 Å². The van der Waals surface area contributed by atoms with Crippen LogP contribution >= 0.6 is 0 Å². The van der Waals surface area contributed by atoms with Gasteiger partial charge in [0.2, 0.25) is 0 Å². The molecule has 0 aromatic heterocycles. The molecule has 1 aromatic carbocycles. The van der Waals surface area contributed by atoms with Crippen LogP contribution in [0.25, 0.3) is 0 Å². The predicted molar refractivity (Wildman–Crippen MR) is 78.4 cm³/mol. The first-order valence-corrected chi connectivity index (χ1v) is 7.80. The lowest BCUT2D eigenvalue weighted by Crippen LogP contribution is -2.52. The summed E-state index contributed by atoms with van der Waals surface area (Å²) in [5, 5.41) is 0. The van der Waals surface area contributed by atoms with E-state index in [1.807, 2.05) is 13.8 Å². The number of imide groups is 1. The van der Waals surface area contributed by atoms with Gasteiger partial charge in [-0.1, -0.05) is 12.1 Å². The first kappa shape index (κ1) is 13.9. The SMILES string of the molecule is CC1(C)O[C@H]2[C@H](CCC[C@@H]2N2C(=O)c3ccccc3C2=O)O1. The summed E-state index contributed by atoms with van der Waals surface area (Å²) < 4.78 is 11.9. The van der Waals surface area contributed by atoms with Crippen molar-refractivity contribution in [1.29, 1.82) is 0 Å². The number of amides is 2. The van der Waals surface area contributed by atoms with E-state index in [1.54, 1.807) is 24.3 Å². The van der Waals surface area contributed by atoms with Crippen LogP contribution in [0.5, 0.6) is 0 Å². The maximum absolute atomic E-state index is 12.7. The highest BCUT2D eigenvalue weighted by Gasteiger charge is 2.52. The minimum absolute atomic E-state index is 0.0435. The average molecular weight is 301 g/mol. The van der Waals surface area contributed by atoms with E-state index in [0.717, 1.165) is 19.3 Å². The molecule has 2 aliphatic heterocycles. The fourth-order valence-corrected chi connectivity index (χ4v) is 3.89. The number of hydrogen-bond acceptors (Lipinski definition) is 4. The minimum atomic E-state index is -0.656. The third-order valence-corrected chi connectivity index (χ3v) is 4.75. The highest BCUT2D eigenvalue weighted by Crippen LogP contribution is 2.40. The molecule has 2 fully saturated rings. The van der Waals surface area contributed by atoms with Gasteiger partial charge in [-0.15, -0.1) is 0 Å². The molecule has 3 aliphatic rings. The molecular formula is C17H19NO4. The van der Waals surface area contributed by atoms with Crippen molar-refractivity contribution in [3.05, 3.63) is 35.4 Å². The summed E-state index contributed by atoms with van der Waals surface area (Å²) in [6.45, 7) is 3.76. The Hall–Kier alpha value is -1.72. The van der Waals surface area contributed by atoms with E-state index in [2.05, 4.69) is 0 Å². The molecule has 0 spiro atoms. The number of fused-ring (bicyclic) bond motifs is 2. The van der Waals surface area contributed by atoms with Gasteiger partial charge >= 0.3 is 0 Å². The number of hydrogen-bond donors (Lipinski definition) is 0. The molecule has 2 heterocycles. The molecule has 0 N–H and O–H groups in total. The Bertz CT molecular complexity index is 619. The Kier molecular flexibility index (Phi) is 2.93. The van der Waals surface area contributed by atoms with E-state index >= 15 is 0 Å². The zero-order chi connectivity index (χ0) is 15.5. The normalized spacial score (nSPS) is 33.0. The van der Waals surface area contributed by atoms with Crippen LogP contribution < -0.4 is 0 Å². The number of ether oxygens (including phenoxy) is 2. The van der Waals surface area contributed by atoms with E-state index in [1.165, 1.54) is 4.90 Å². The molecular weight excluding hydrogens is 282 g/mol. The maximum atomic E-state index is 12.7. The number of carbonyl (C=O) groups is 2. The van der Waals surface area contributed by atoms with Gasteiger partial charge in [-0.05, 0) is 45.2 Å². The van der Waals surface area contributed by atoms with E-state index in [9.17, 15) is 9.59 Å². The van der Waals surface area contributed by atoms with Crippen molar-refractivity contribution in [1.82, 2.24) is 4.90 Å². The summed E-state index contributed by atoms with van der Waals surface area (Å²) in [5.74, 6) is -1.07. The molecule has 1 aromatic rings. The second-order valence-corrected chi connectivity index (χ2v) is 6.66. The molecule has 22 heavy (non-hydrogen) atoms. The van der Waals surface area contributed by atoms with E-state index in [4.69, 9.17) is 9.47 Å². The van der Waals surface area contributed by atoms with Crippen molar-refractivity contribution in [2.45, 2.75) is 57.1 Å². The molecule has 3 atom stereocenters. The van der Waals surface area contributed by atoms with Crippen LogP contribution in [0.3, 0.4) is 0 Å². The molecule has 116 valence electrons. The number of benzene rings is 1. The Labute approximate surface area is 129 Å². The largest absolute Gasteiger partial charge is 0.344 e. The van der Waals surface area contributed by atoms with Crippen LogP contribution in [-0.2, 0) is 9.47 Å². The first-order valence-electron chi connectivity index (χ1n) is 7.80. The van der Waals surface area contributed by atoms with Crippen molar-refractivity contribution in [2.75, 3.05) is 0 Å². The molecule has 0 radical (unpaired) electrons. The molecule has 4 rings (SSSR count). The summed E-state index contributed by atoms with van der Waals surface area (Å²) in [5.41, 5.74) is 0.987. The van der Waals surface area contributed by atoms with Gasteiger partial charge in [0.25, 0.3) is 11.8 Å². The van der Waals surface area contributed by atoms with Crippen LogP contribution in [0.2, 0.25) is 0 Å². The molecule has 1 saturated heterocycles. The summed E-state index contributed by atoms with van der Waals surface area (Å²) in [7, 11) is 0. The summed E-state index contributed by atoms with van der Waals surface area (Å²) >= 11 is 0. The minimum Gasteiger partial charge on any atom is -0.344 e. The number of nitrogens with zero attached hydrogens (tertiary/aromatic N) is 1. The standard InChI is InChI=1S/C17H19NO4/c1-17(2)21-13-9-5-8-12(14(13)22-17)18-15(19)10-6-3-4-7-11(10)16(18)20/h3-4,6-7,12-14H,5,8-9H2,1-2H3/t12-,13-,14+/m0/s1. The van der Waals surface area contributed by atoms with Crippen molar-refractivity contribution in [2.24, 2.45) is 0 Å². The van der Waals surface area contributed by atoms with Crippen molar-refractivity contribution < 1.29 is 19.1 Å². The predicted octanol–water partition coefficient (Wildman–Crippen LogP) is 2.36. The Balaban J connectivity index is 1.68. The molecule has 0 bridgehead atoms. The fraction of sp³-hybridized carbons (Fsp3) is 0.529.